The molecule has 1 N–H and O–H groups in total. The number of para-hydroxylation sites is 2. The Bertz CT molecular complexity index is 956. The smallest absolute Gasteiger partial charge is 0.328 e. The molecule has 0 atom stereocenters. The summed E-state index contributed by atoms with van der Waals surface area (Å²) in [6.07, 6.45) is 0.248. The fraction of sp³-hybridized carbons (Fsp3) is 0.263. The Morgan fingerprint density at radius 3 is 2.64 bits per heavy atom. The number of hydrogen-bond donors (Lipinski definition) is 1. The Kier molecular flexibility index (Phi) is 4.88. The molecule has 3 rings (SSSR count). The lowest BCUT2D eigenvalue weighted by molar-refractivity contribution is -0.121. The van der Waals surface area contributed by atoms with Gasteiger partial charge in [0, 0.05) is 26.6 Å². The standard InChI is InChI=1S/C19H21N3O3/c1-21-16-8-3-4-9-17(16)22(19(21)24)11-10-18(23)20-13-14-6-5-7-15(12-14)25-2/h3-9,12H,10-11,13H2,1-2H3,(H,20,23). The summed E-state index contributed by atoms with van der Waals surface area (Å²) in [4.78, 5) is 24.5. The highest BCUT2D eigenvalue weighted by Gasteiger charge is 2.11. The summed E-state index contributed by atoms with van der Waals surface area (Å²) in [7, 11) is 3.35. The van der Waals surface area contributed by atoms with Crippen LogP contribution in [0.2, 0.25) is 0 Å². The number of carbonyl (C=O) groups excluding carboxylic acids is 1. The maximum absolute atomic E-state index is 12.3. The van der Waals surface area contributed by atoms with Gasteiger partial charge in [0.25, 0.3) is 0 Å². The molecule has 6 heteroatoms. The number of ether oxygens (including phenoxy) is 1. The molecule has 3 aromatic rings. The van der Waals surface area contributed by atoms with Crippen LogP contribution in [0.5, 0.6) is 5.75 Å². The van der Waals surface area contributed by atoms with Crippen molar-refractivity contribution in [1.29, 1.82) is 0 Å². The molecular weight excluding hydrogens is 318 g/mol. The van der Waals surface area contributed by atoms with Gasteiger partial charge in [0.15, 0.2) is 0 Å². The predicted octanol–water partition coefficient (Wildman–Crippen LogP) is 2.06. The molecule has 0 spiro atoms. The van der Waals surface area contributed by atoms with Crippen LogP contribution in [0.3, 0.4) is 0 Å². The maximum Gasteiger partial charge on any atom is 0.328 e. The molecule has 0 radical (unpaired) electrons. The van der Waals surface area contributed by atoms with Crippen LogP contribution in [0.25, 0.3) is 11.0 Å². The number of benzene rings is 2. The Morgan fingerprint density at radius 2 is 1.88 bits per heavy atom. The molecule has 1 heterocycles. The predicted molar refractivity (Wildman–Crippen MR) is 96.6 cm³/mol. The zero-order valence-corrected chi connectivity index (χ0v) is 14.4. The van der Waals surface area contributed by atoms with E-state index >= 15 is 0 Å². The van der Waals surface area contributed by atoms with Crippen LogP contribution >= 0.6 is 0 Å². The third-order valence-corrected chi connectivity index (χ3v) is 4.24. The number of aryl methyl sites for hydroxylation is 2. The summed E-state index contributed by atoms with van der Waals surface area (Å²) in [5.41, 5.74) is 2.57. The quantitative estimate of drug-likeness (QED) is 0.747. The van der Waals surface area contributed by atoms with Crippen molar-refractivity contribution in [2.24, 2.45) is 7.05 Å². The SMILES string of the molecule is COc1cccc(CNC(=O)CCn2c(=O)n(C)c3ccccc32)c1. The third-order valence-electron chi connectivity index (χ3n) is 4.24. The highest BCUT2D eigenvalue weighted by atomic mass is 16.5. The number of carbonyl (C=O) groups is 1. The van der Waals surface area contributed by atoms with Crippen molar-refractivity contribution in [1.82, 2.24) is 14.5 Å². The summed E-state index contributed by atoms with van der Waals surface area (Å²) in [5, 5.41) is 2.88. The summed E-state index contributed by atoms with van der Waals surface area (Å²) >= 11 is 0. The van der Waals surface area contributed by atoms with Crippen molar-refractivity contribution < 1.29 is 9.53 Å². The lowest BCUT2D eigenvalue weighted by atomic mass is 10.2. The molecule has 6 nitrogen and oxygen atoms in total. The maximum atomic E-state index is 12.3. The monoisotopic (exact) mass is 339 g/mol. The molecule has 0 aliphatic carbocycles. The Morgan fingerprint density at radius 1 is 1.12 bits per heavy atom. The van der Waals surface area contributed by atoms with Gasteiger partial charge in [0.05, 0.1) is 18.1 Å². The molecule has 25 heavy (non-hydrogen) atoms. The van der Waals surface area contributed by atoms with E-state index in [-0.39, 0.29) is 18.0 Å². The van der Waals surface area contributed by atoms with Gasteiger partial charge in [-0.1, -0.05) is 24.3 Å². The second-order valence-electron chi connectivity index (χ2n) is 5.86. The van der Waals surface area contributed by atoms with Crippen molar-refractivity contribution in [2.45, 2.75) is 19.5 Å². The second-order valence-corrected chi connectivity index (χ2v) is 5.86. The number of nitrogens with one attached hydrogen (secondary N) is 1. The molecule has 0 fully saturated rings. The molecular formula is C19H21N3O3. The Hall–Kier alpha value is -3.02. The zero-order chi connectivity index (χ0) is 17.8. The molecule has 0 bridgehead atoms. The molecule has 2 aromatic carbocycles. The minimum absolute atomic E-state index is 0.0948. The molecule has 1 aromatic heterocycles. The first-order chi connectivity index (χ1) is 12.1. The van der Waals surface area contributed by atoms with Crippen molar-refractivity contribution in [2.75, 3.05) is 7.11 Å². The lowest BCUT2D eigenvalue weighted by Crippen LogP contribution is -2.27. The zero-order valence-electron chi connectivity index (χ0n) is 14.4. The Labute approximate surface area is 145 Å². The largest absolute Gasteiger partial charge is 0.497 e. The number of methoxy groups -OCH3 is 1. The summed E-state index contributed by atoms with van der Waals surface area (Å²) in [6.45, 7) is 0.782. The number of fused-ring (bicyclic) bond motifs is 1. The van der Waals surface area contributed by atoms with Gasteiger partial charge in [-0.25, -0.2) is 4.79 Å². The van der Waals surface area contributed by atoms with Crippen molar-refractivity contribution in [3.63, 3.8) is 0 Å². The molecule has 0 unspecified atom stereocenters. The summed E-state index contributed by atoms with van der Waals surface area (Å²) < 4.78 is 8.41. The average molecular weight is 339 g/mol. The van der Waals surface area contributed by atoms with E-state index in [1.54, 1.807) is 23.3 Å². The van der Waals surface area contributed by atoms with E-state index in [9.17, 15) is 9.59 Å². The first kappa shape index (κ1) is 16.8. The van der Waals surface area contributed by atoms with Gasteiger partial charge >= 0.3 is 5.69 Å². The topological polar surface area (TPSA) is 65.3 Å². The molecule has 0 saturated heterocycles. The van der Waals surface area contributed by atoms with Crippen molar-refractivity contribution >= 4 is 16.9 Å². The van der Waals surface area contributed by atoms with Crippen molar-refractivity contribution in [3.8, 4) is 5.75 Å². The van der Waals surface area contributed by atoms with E-state index in [1.807, 2.05) is 48.5 Å². The molecule has 0 aliphatic heterocycles. The van der Waals surface area contributed by atoms with Crippen LogP contribution < -0.4 is 15.7 Å². The number of amides is 1. The van der Waals surface area contributed by atoms with E-state index in [2.05, 4.69) is 5.32 Å². The highest BCUT2D eigenvalue weighted by Crippen LogP contribution is 2.13. The van der Waals surface area contributed by atoms with Crippen LogP contribution in [-0.4, -0.2) is 22.2 Å². The van der Waals surface area contributed by atoms with Gasteiger partial charge in [-0.05, 0) is 29.8 Å². The normalized spacial score (nSPS) is 10.8. The first-order valence-corrected chi connectivity index (χ1v) is 8.14. The van der Waals surface area contributed by atoms with Gasteiger partial charge in [-0.15, -0.1) is 0 Å². The van der Waals surface area contributed by atoms with Gasteiger partial charge in [-0.2, -0.15) is 0 Å². The average Bonchev–Trinajstić information content (AvgIpc) is 2.89. The molecule has 1 amide bonds. The number of imidazole rings is 1. The lowest BCUT2D eigenvalue weighted by Gasteiger charge is -2.07. The molecule has 0 saturated carbocycles. The van der Waals surface area contributed by atoms with E-state index in [0.29, 0.717) is 13.1 Å². The number of aromatic nitrogens is 2. The first-order valence-electron chi connectivity index (χ1n) is 8.14. The van der Waals surface area contributed by atoms with Crippen LogP contribution in [0, 0.1) is 0 Å². The minimum Gasteiger partial charge on any atom is -0.497 e. The van der Waals surface area contributed by atoms with E-state index in [1.165, 1.54) is 0 Å². The fourth-order valence-electron chi connectivity index (χ4n) is 2.86. The fourth-order valence-corrected chi connectivity index (χ4v) is 2.86. The summed E-state index contributed by atoms with van der Waals surface area (Å²) in [6, 6.07) is 15.1. The van der Waals surface area contributed by atoms with E-state index in [4.69, 9.17) is 4.74 Å². The van der Waals surface area contributed by atoms with Crippen LogP contribution in [0.15, 0.2) is 53.3 Å². The minimum atomic E-state index is -0.109. The van der Waals surface area contributed by atoms with Gasteiger partial charge in [-0.3, -0.25) is 13.9 Å². The molecule has 0 aliphatic rings. The highest BCUT2D eigenvalue weighted by molar-refractivity contribution is 5.77. The van der Waals surface area contributed by atoms with Crippen LogP contribution in [0.4, 0.5) is 0 Å². The van der Waals surface area contributed by atoms with E-state index < -0.39 is 0 Å². The summed E-state index contributed by atoms with van der Waals surface area (Å²) in [5.74, 6) is 0.664. The second kappa shape index (κ2) is 7.25. The number of nitrogens with zero attached hydrogens (tertiary/aromatic N) is 2. The van der Waals surface area contributed by atoms with Crippen LogP contribution in [0.1, 0.15) is 12.0 Å². The number of rotatable bonds is 6. The van der Waals surface area contributed by atoms with Gasteiger partial charge in [0.1, 0.15) is 5.75 Å². The van der Waals surface area contributed by atoms with Crippen LogP contribution in [-0.2, 0) is 24.9 Å². The van der Waals surface area contributed by atoms with Crippen molar-refractivity contribution in [3.05, 3.63) is 64.6 Å². The van der Waals surface area contributed by atoms with Gasteiger partial charge < -0.3 is 10.1 Å². The van der Waals surface area contributed by atoms with E-state index in [0.717, 1.165) is 22.3 Å². The molecule has 130 valence electrons. The van der Waals surface area contributed by atoms with Gasteiger partial charge in [0.2, 0.25) is 5.91 Å². The Balaban J connectivity index is 1.63. The third kappa shape index (κ3) is 3.57. The number of hydrogen-bond acceptors (Lipinski definition) is 3.